The summed E-state index contributed by atoms with van der Waals surface area (Å²) in [4.78, 5) is 12.4. The van der Waals surface area contributed by atoms with E-state index in [-0.39, 0.29) is 11.8 Å². The number of aromatic nitrogens is 1. The van der Waals surface area contributed by atoms with Crippen molar-refractivity contribution >= 4 is 11.6 Å². The summed E-state index contributed by atoms with van der Waals surface area (Å²) < 4.78 is 121. The molecule has 1 aromatic heterocycles. The fraction of sp³-hybridized carbons (Fsp3) is 0.158. The lowest BCUT2D eigenvalue weighted by molar-refractivity contribution is -0.143. The average molecular weight is 468 g/mol. The van der Waals surface area contributed by atoms with Crippen LogP contribution in [0.3, 0.4) is 0 Å². The molecule has 0 radical (unpaired) electrons. The molecule has 0 fully saturated rings. The van der Waals surface area contributed by atoms with Crippen LogP contribution in [-0.2, 0) is 18.5 Å². The first-order valence-corrected chi connectivity index (χ1v) is 8.39. The number of carbonyl (C=O) groups is 1. The number of benzene rings is 2. The standard InChI is InChI=1S/C19H9F9N2O2/c20-17(21,22)10-1-3-13(4-2-10)30-16(31)14-8-29-32-15(14)9-5-11(18(23,24)25)7-12(6-9)19(26,27)28/h1-8H,(H,30,31). The number of halogens is 9. The normalized spacial score (nSPS) is 12.7. The van der Waals surface area contributed by atoms with E-state index < -0.39 is 58.0 Å². The molecule has 3 aromatic rings. The second kappa shape index (κ2) is 7.88. The molecule has 1 heterocycles. The van der Waals surface area contributed by atoms with E-state index in [4.69, 9.17) is 4.52 Å². The summed E-state index contributed by atoms with van der Waals surface area (Å²) in [5.41, 5.74) is -5.62. The molecule has 3 rings (SSSR count). The maximum atomic E-state index is 13.1. The van der Waals surface area contributed by atoms with Crippen molar-refractivity contribution in [1.29, 1.82) is 0 Å². The SMILES string of the molecule is O=C(Nc1ccc(C(F)(F)F)cc1)c1cnoc1-c1cc(C(F)(F)F)cc(C(F)(F)F)c1. The predicted molar refractivity (Wildman–Crippen MR) is 91.3 cm³/mol. The van der Waals surface area contributed by atoms with Gasteiger partial charge >= 0.3 is 18.5 Å². The number of carbonyl (C=O) groups excluding carboxylic acids is 1. The number of amides is 1. The molecule has 1 amide bonds. The van der Waals surface area contributed by atoms with Crippen molar-refractivity contribution < 1.29 is 48.8 Å². The minimum absolute atomic E-state index is 0.0954. The molecule has 2 aromatic carbocycles. The van der Waals surface area contributed by atoms with Crippen LogP contribution in [0.2, 0.25) is 0 Å². The van der Waals surface area contributed by atoms with Crippen LogP contribution in [0.5, 0.6) is 0 Å². The Balaban J connectivity index is 1.97. The summed E-state index contributed by atoms with van der Waals surface area (Å²) in [7, 11) is 0. The highest BCUT2D eigenvalue weighted by Gasteiger charge is 2.38. The van der Waals surface area contributed by atoms with Crippen LogP contribution in [0.4, 0.5) is 45.2 Å². The molecule has 0 saturated carbocycles. The minimum atomic E-state index is -5.13. The van der Waals surface area contributed by atoms with E-state index in [2.05, 4.69) is 10.5 Å². The summed E-state index contributed by atoms with van der Waals surface area (Å²) in [6.07, 6.45) is -14.1. The highest BCUT2D eigenvalue weighted by Crippen LogP contribution is 2.39. The highest BCUT2D eigenvalue weighted by atomic mass is 19.4. The Hall–Kier alpha value is -3.51. The van der Waals surface area contributed by atoms with Crippen molar-refractivity contribution in [3.63, 3.8) is 0 Å². The molecule has 4 nitrogen and oxygen atoms in total. The van der Waals surface area contributed by atoms with Crippen LogP contribution >= 0.6 is 0 Å². The summed E-state index contributed by atoms with van der Waals surface area (Å²) in [6, 6.07) is 3.79. The van der Waals surface area contributed by atoms with Gasteiger partial charge in [-0.3, -0.25) is 4.79 Å². The van der Waals surface area contributed by atoms with Crippen LogP contribution in [0.25, 0.3) is 11.3 Å². The Bertz CT molecular complexity index is 1100. The third-order valence-electron chi connectivity index (χ3n) is 4.13. The number of hydrogen-bond acceptors (Lipinski definition) is 3. The van der Waals surface area contributed by atoms with Crippen LogP contribution in [-0.4, -0.2) is 11.1 Å². The van der Waals surface area contributed by atoms with E-state index in [1.165, 1.54) is 0 Å². The summed E-state index contributed by atoms with van der Waals surface area (Å²) in [6.45, 7) is 0. The van der Waals surface area contributed by atoms with Crippen molar-refractivity contribution in [2.24, 2.45) is 0 Å². The van der Waals surface area contributed by atoms with Crippen molar-refractivity contribution in [3.8, 4) is 11.3 Å². The monoisotopic (exact) mass is 468 g/mol. The predicted octanol–water partition coefficient (Wildman–Crippen LogP) is 6.65. The van der Waals surface area contributed by atoms with Gasteiger partial charge in [-0.2, -0.15) is 39.5 Å². The third-order valence-corrected chi connectivity index (χ3v) is 4.13. The van der Waals surface area contributed by atoms with Crippen molar-refractivity contribution in [2.45, 2.75) is 18.5 Å². The number of alkyl halides is 9. The number of anilines is 1. The zero-order chi connectivity index (χ0) is 23.9. The average Bonchev–Trinajstić information content (AvgIpc) is 3.16. The van der Waals surface area contributed by atoms with E-state index in [9.17, 15) is 44.3 Å². The molecule has 0 unspecified atom stereocenters. The van der Waals surface area contributed by atoms with Gasteiger partial charge in [0.2, 0.25) is 0 Å². The molecule has 0 atom stereocenters. The van der Waals surface area contributed by atoms with Gasteiger partial charge in [0.25, 0.3) is 5.91 Å². The lowest BCUT2D eigenvalue weighted by Crippen LogP contribution is -2.13. The lowest BCUT2D eigenvalue weighted by atomic mass is 10.0. The van der Waals surface area contributed by atoms with Crippen molar-refractivity contribution in [3.05, 3.63) is 70.9 Å². The molecule has 0 spiro atoms. The molecule has 32 heavy (non-hydrogen) atoms. The Morgan fingerprint density at radius 3 is 1.72 bits per heavy atom. The van der Waals surface area contributed by atoms with E-state index in [0.717, 1.165) is 18.3 Å². The molecule has 0 saturated heterocycles. The summed E-state index contributed by atoms with van der Waals surface area (Å²) in [5.74, 6) is -1.77. The highest BCUT2D eigenvalue weighted by molar-refractivity contribution is 6.07. The van der Waals surface area contributed by atoms with Gasteiger partial charge in [-0.05, 0) is 42.5 Å². The van der Waals surface area contributed by atoms with Gasteiger partial charge in [-0.25, -0.2) is 0 Å². The molecule has 0 bridgehead atoms. The second-order valence-corrected chi connectivity index (χ2v) is 6.39. The summed E-state index contributed by atoms with van der Waals surface area (Å²) in [5, 5.41) is 5.42. The van der Waals surface area contributed by atoms with Crippen molar-refractivity contribution in [2.75, 3.05) is 5.32 Å². The largest absolute Gasteiger partial charge is 0.416 e. The van der Waals surface area contributed by atoms with Crippen LogP contribution in [0, 0.1) is 0 Å². The van der Waals surface area contributed by atoms with Gasteiger partial charge in [0.15, 0.2) is 5.76 Å². The van der Waals surface area contributed by atoms with E-state index in [0.29, 0.717) is 24.3 Å². The Labute approximate surface area is 172 Å². The van der Waals surface area contributed by atoms with Gasteiger partial charge < -0.3 is 9.84 Å². The maximum absolute atomic E-state index is 13.1. The van der Waals surface area contributed by atoms with E-state index in [1.54, 1.807) is 0 Å². The number of rotatable bonds is 3. The Morgan fingerprint density at radius 1 is 0.750 bits per heavy atom. The van der Waals surface area contributed by atoms with Gasteiger partial charge in [0, 0.05) is 11.3 Å². The maximum Gasteiger partial charge on any atom is 0.416 e. The molecule has 0 aliphatic carbocycles. The van der Waals surface area contributed by atoms with Crippen LogP contribution < -0.4 is 5.32 Å². The van der Waals surface area contributed by atoms with Crippen LogP contribution in [0.1, 0.15) is 27.0 Å². The first kappa shape index (κ1) is 23.2. The molecule has 0 aliphatic rings. The molecular weight excluding hydrogens is 459 g/mol. The summed E-state index contributed by atoms with van der Waals surface area (Å²) >= 11 is 0. The number of nitrogens with zero attached hydrogens (tertiary/aromatic N) is 1. The Morgan fingerprint density at radius 2 is 1.25 bits per heavy atom. The number of hydrogen-bond donors (Lipinski definition) is 1. The first-order chi connectivity index (χ1) is 14.7. The zero-order valence-electron chi connectivity index (χ0n) is 15.3. The molecule has 170 valence electrons. The van der Waals surface area contributed by atoms with Gasteiger partial charge in [-0.15, -0.1) is 0 Å². The van der Waals surface area contributed by atoms with E-state index >= 15 is 0 Å². The zero-order valence-corrected chi connectivity index (χ0v) is 15.3. The van der Waals surface area contributed by atoms with Gasteiger partial charge in [-0.1, -0.05) is 5.16 Å². The number of nitrogens with one attached hydrogen (secondary N) is 1. The van der Waals surface area contributed by atoms with Crippen molar-refractivity contribution in [1.82, 2.24) is 5.16 Å². The fourth-order valence-electron chi connectivity index (χ4n) is 2.64. The van der Waals surface area contributed by atoms with Crippen LogP contribution in [0.15, 0.2) is 53.2 Å². The third kappa shape index (κ3) is 5.03. The lowest BCUT2D eigenvalue weighted by Gasteiger charge is -2.13. The molecule has 1 N–H and O–H groups in total. The van der Waals surface area contributed by atoms with Gasteiger partial charge in [0.1, 0.15) is 5.56 Å². The fourth-order valence-corrected chi connectivity index (χ4v) is 2.64. The Kier molecular flexibility index (Phi) is 5.70. The molecular formula is C19H9F9N2O2. The quantitative estimate of drug-likeness (QED) is 0.438. The van der Waals surface area contributed by atoms with E-state index in [1.807, 2.05) is 0 Å². The smallest absolute Gasteiger partial charge is 0.355 e. The van der Waals surface area contributed by atoms with Gasteiger partial charge in [0.05, 0.1) is 22.9 Å². The molecule has 0 aliphatic heterocycles. The molecule has 13 heteroatoms. The second-order valence-electron chi connectivity index (χ2n) is 6.39. The minimum Gasteiger partial charge on any atom is -0.355 e. The first-order valence-electron chi connectivity index (χ1n) is 8.39. The topological polar surface area (TPSA) is 55.1 Å².